The fourth-order valence-electron chi connectivity index (χ4n) is 3.54. The first-order valence-electron chi connectivity index (χ1n) is 9.92. The summed E-state index contributed by atoms with van der Waals surface area (Å²) in [5, 5.41) is 3.49. The molecule has 1 N–H and O–H groups in total. The van der Waals surface area contributed by atoms with Crippen LogP contribution >= 0.6 is 0 Å². The van der Waals surface area contributed by atoms with Crippen LogP contribution in [-0.4, -0.2) is 40.2 Å². The maximum Gasteiger partial charge on any atom is 0.243 e. The van der Waals surface area contributed by atoms with Crippen molar-refractivity contribution < 1.29 is 8.42 Å². The van der Waals surface area contributed by atoms with E-state index in [9.17, 15) is 8.42 Å². The molecule has 0 aliphatic rings. The molecule has 3 aromatic rings. The van der Waals surface area contributed by atoms with Crippen LogP contribution in [0.25, 0.3) is 5.78 Å². The van der Waals surface area contributed by atoms with Crippen molar-refractivity contribution in [1.82, 2.24) is 24.0 Å². The molecule has 156 valence electrons. The minimum absolute atomic E-state index is 0.0597. The lowest BCUT2D eigenvalue weighted by atomic mass is 10.1. The van der Waals surface area contributed by atoms with E-state index in [1.807, 2.05) is 56.5 Å². The van der Waals surface area contributed by atoms with Gasteiger partial charge in [0.25, 0.3) is 0 Å². The summed E-state index contributed by atoms with van der Waals surface area (Å²) < 4.78 is 28.8. The normalized spacial score (nSPS) is 13.3. The molecule has 0 aliphatic carbocycles. The molecule has 0 aliphatic heterocycles. The van der Waals surface area contributed by atoms with Crippen LogP contribution in [0.1, 0.15) is 49.5 Å². The Morgan fingerprint density at radius 2 is 1.79 bits per heavy atom. The highest BCUT2D eigenvalue weighted by Gasteiger charge is 2.21. The van der Waals surface area contributed by atoms with Crippen LogP contribution in [0.5, 0.6) is 0 Å². The van der Waals surface area contributed by atoms with Crippen LogP contribution in [0, 0.1) is 13.8 Å². The SMILES string of the molecule is CCN(CC)S(=O)(=O)c1ccc([C@H](C)NCc2cnc3nc(C)cc(C)n23)cc1. The Kier molecular flexibility index (Phi) is 6.36. The first-order valence-corrected chi connectivity index (χ1v) is 11.4. The number of imidazole rings is 1. The quantitative estimate of drug-likeness (QED) is 0.611. The zero-order valence-electron chi connectivity index (χ0n) is 17.7. The molecule has 0 fully saturated rings. The average molecular weight is 416 g/mol. The number of sulfonamides is 1. The average Bonchev–Trinajstić information content (AvgIpc) is 3.10. The Hall–Kier alpha value is -2.29. The number of aryl methyl sites for hydroxylation is 2. The molecule has 0 spiro atoms. The van der Waals surface area contributed by atoms with E-state index in [2.05, 4.69) is 22.2 Å². The maximum absolute atomic E-state index is 12.6. The maximum atomic E-state index is 12.6. The van der Waals surface area contributed by atoms with Gasteiger partial charge in [0.15, 0.2) is 0 Å². The van der Waals surface area contributed by atoms with Crippen LogP contribution in [0.4, 0.5) is 0 Å². The lowest BCUT2D eigenvalue weighted by molar-refractivity contribution is 0.445. The molecular weight excluding hydrogens is 386 g/mol. The third-order valence-corrected chi connectivity index (χ3v) is 7.24. The van der Waals surface area contributed by atoms with Gasteiger partial charge in [0.2, 0.25) is 15.8 Å². The monoisotopic (exact) mass is 415 g/mol. The molecule has 29 heavy (non-hydrogen) atoms. The number of hydrogen-bond acceptors (Lipinski definition) is 5. The van der Waals surface area contributed by atoms with Gasteiger partial charge in [-0.15, -0.1) is 0 Å². The second kappa shape index (κ2) is 8.61. The molecule has 0 unspecified atom stereocenters. The van der Waals surface area contributed by atoms with Crippen LogP contribution in [0.2, 0.25) is 0 Å². The number of nitrogens with one attached hydrogen (secondary N) is 1. The van der Waals surface area contributed by atoms with Gasteiger partial charge in [-0.3, -0.25) is 4.40 Å². The van der Waals surface area contributed by atoms with Crippen LogP contribution < -0.4 is 5.32 Å². The molecule has 1 atom stereocenters. The van der Waals surface area contributed by atoms with E-state index in [0.717, 1.165) is 22.6 Å². The van der Waals surface area contributed by atoms with E-state index in [0.29, 0.717) is 30.3 Å². The largest absolute Gasteiger partial charge is 0.305 e. The van der Waals surface area contributed by atoms with E-state index in [4.69, 9.17) is 0 Å². The van der Waals surface area contributed by atoms with E-state index in [-0.39, 0.29) is 6.04 Å². The number of nitrogens with zero attached hydrogens (tertiary/aromatic N) is 4. The minimum atomic E-state index is -3.43. The van der Waals surface area contributed by atoms with Crippen molar-refractivity contribution in [2.45, 2.75) is 52.1 Å². The zero-order chi connectivity index (χ0) is 21.2. The lowest BCUT2D eigenvalue weighted by Crippen LogP contribution is -2.30. The summed E-state index contributed by atoms with van der Waals surface area (Å²) in [6, 6.07) is 9.22. The van der Waals surface area contributed by atoms with Gasteiger partial charge >= 0.3 is 0 Å². The number of rotatable bonds is 8. The fraction of sp³-hybridized carbons (Fsp3) is 0.429. The van der Waals surface area contributed by atoms with Gasteiger partial charge in [0.05, 0.1) is 16.8 Å². The number of hydrogen-bond donors (Lipinski definition) is 1. The van der Waals surface area contributed by atoms with Gasteiger partial charge in [-0.2, -0.15) is 4.31 Å². The first-order chi connectivity index (χ1) is 13.8. The van der Waals surface area contributed by atoms with Crippen LogP contribution in [0.3, 0.4) is 0 Å². The van der Waals surface area contributed by atoms with Crippen molar-refractivity contribution in [3.63, 3.8) is 0 Å². The van der Waals surface area contributed by atoms with Crippen molar-refractivity contribution in [2.24, 2.45) is 0 Å². The van der Waals surface area contributed by atoms with Crippen molar-refractivity contribution in [3.8, 4) is 0 Å². The summed E-state index contributed by atoms with van der Waals surface area (Å²) in [6.45, 7) is 11.3. The molecule has 8 heteroatoms. The molecule has 2 aromatic heterocycles. The third kappa shape index (κ3) is 4.34. The molecule has 1 aromatic carbocycles. The van der Waals surface area contributed by atoms with Gasteiger partial charge in [-0.05, 0) is 44.5 Å². The molecule has 0 radical (unpaired) electrons. The molecule has 3 rings (SSSR count). The Labute approximate surface area is 172 Å². The first kappa shape index (κ1) is 21.4. The minimum Gasteiger partial charge on any atom is -0.305 e. The highest BCUT2D eigenvalue weighted by molar-refractivity contribution is 7.89. The number of aromatic nitrogens is 3. The second-order valence-electron chi connectivity index (χ2n) is 7.18. The van der Waals surface area contributed by atoms with Crippen LogP contribution in [0.15, 0.2) is 41.4 Å². The van der Waals surface area contributed by atoms with E-state index < -0.39 is 10.0 Å². The zero-order valence-corrected chi connectivity index (χ0v) is 18.5. The summed E-state index contributed by atoms with van der Waals surface area (Å²) in [7, 11) is -3.43. The van der Waals surface area contributed by atoms with Gasteiger partial charge < -0.3 is 5.32 Å². The van der Waals surface area contributed by atoms with Gasteiger partial charge in [-0.25, -0.2) is 18.4 Å². The van der Waals surface area contributed by atoms with Gasteiger partial charge in [0, 0.05) is 37.1 Å². The van der Waals surface area contributed by atoms with E-state index >= 15 is 0 Å². The molecule has 0 bridgehead atoms. The Morgan fingerprint density at radius 3 is 2.41 bits per heavy atom. The number of fused-ring (bicyclic) bond motifs is 1. The van der Waals surface area contributed by atoms with Crippen LogP contribution in [-0.2, 0) is 16.6 Å². The molecule has 0 amide bonds. The smallest absolute Gasteiger partial charge is 0.243 e. The Bertz CT molecular complexity index is 1090. The third-order valence-electron chi connectivity index (χ3n) is 5.18. The molecule has 0 saturated heterocycles. The summed E-state index contributed by atoms with van der Waals surface area (Å²) in [5.41, 5.74) is 4.12. The second-order valence-corrected chi connectivity index (χ2v) is 9.12. The predicted octanol–water partition coefficient (Wildman–Crippen LogP) is 3.23. The number of benzene rings is 1. The fourth-order valence-corrected chi connectivity index (χ4v) is 5.00. The summed E-state index contributed by atoms with van der Waals surface area (Å²) >= 11 is 0. The van der Waals surface area contributed by atoms with Crippen molar-refractivity contribution in [1.29, 1.82) is 0 Å². The highest BCUT2D eigenvalue weighted by atomic mass is 32.2. The predicted molar refractivity (Wildman–Crippen MR) is 114 cm³/mol. The summed E-state index contributed by atoms with van der Waals surface area (Å²) in [6.07, 6.45) is 1.84. The van der Waals surface area contributed by atoms with Crippen molar-refractivity contribution >= 4 is 15.8 Å². The van der Waals surface area contributed by atoms with Crippen molar-refractivity contribution in [3.05, 3.63) is 59.2 Å². The van der Waals surface area contributed by atoms with Crippen molar-refractivity contribution in [2.75, 3.05) is 13.1 Å². The summed E-state index contributed by atoms with van der Waals surface area (Å²) in [4.78, 5) is 9.20. The topological polar surface area (TPSA) is 79.6 Å². The standard InChI is InChI=1S/C21H29N5O2S/c1-6-25(7-2)29(27,28)20-10-8-18(9-11-20)17(5)22-13-19-14-23-21-24-15(3)12-16(4)26(19)21/h8-12,14,17,22H,6-7,13H2,1-5H3/t17-/m0/s1. The Morgan fingerprint density at radius 1 is 1.14 bits per heavy atom. The van der Waals surface area contributed by atoms with E-state index in [1.54, 1.807) is 12.1 Å². The molecular formula is C21H29N5O2S. The molecule has 7 nitrogen and oxygen atoms in total. The van der Waals surface area contributed by atoms with E-state index in [1.165, 1.54) is 4.31 Å². The Balaban J connectivity index is 1.73. The summed E-state index contributed by atoms with van der Waals surface area (Å²) in [5.74, 6) is 0.706. The molecule has 0 saturated carbocycles. The molecule has 2 heterocycles. The van der Waals surface area contributed by atoms with Gasteiger partial charge in [-0.1, -0.05) is 26.0 Å². The van der Waals surface area contributed by atoms with Gasteiger partial charge in [0.1, 0.15) is 0 Å². The lowest BCUT2D eigenvalue weighted by Gasteiger charge is -2.19. The highest BCUT2D eigenvalue weighted by Crippen LogP contribution is 2.20.